The summed E-state index contributed by atoms with van der Waals surface area (Å²) in [6, 6.07) is 6.66. The fraction of sp³-hybridized carbons (Fsp3) is 0.562. The van der Waals surface area contributed by atoms with Crippen molar-refractivity contribution in [1.82, 2.24) is 0 Å². The summed E-state index contributed by atoms with van der Waals surface area (Å²) in [4.78, 5) is 10.6. The van der Waals surface area contributed by atoms with Crippen molar-refractivity contribution in [3.05, 3.63) is 33.8 Å². The van der Waals surface area contributed by atoms with Gasteiger partial charge in [-0.25, -0.2) is 0 Å². The molecular formula is C16H21BrO. The molecule has 0 bridgehead atoms. The molecule has 0 N–H and O–H groups in total. The van der Waals surface area contributed by atoms with E-state index in [0.717, 1.165) is 12.2 Å². The Morgan fingerprint density at radius 2 is 2.06 bits per heavy atom. The molecule has 1 aromatic rings. The Kier molecular flexibility index (Phi) is 4.99. The van der Waals surface area contributed by atoms with Gasteiger partial charge in [0.05, 0.1) is 0 Å². The standard InChI is InChI=1S/C16H21BrO/c1-12(9-10-18)14-7-8-15(16(17)11-14)13-5-3-2-4-6-13/h7-8,10-13H,2-6,9H2,1H3. The smallest absolute Gasteiger partial charge is 0.120 e. The van der Waals surface area contributed by atoms with Gasteiger partial charge < -0.3 is 4.79 Å². The van der Waals surface area contributed by atoms with Crippen molar-refractivity contribution in [1.29, 1.82) is 0 Å². The minimum Gasteiger partial charge on any atom is -0.303 e. The van der Waals surface area contributed by atoms with Crippen molar-refractivity contribution in [3.63, 3.8) is 0 Å². The van der Waals surface area contributed by atoms with Gasteiger partial charge >= 0.3 is 0 Å². The second-order valence-electron chi connectivity index (χ2n) is 5.42. The first-order chi connectivity index (χ1) is 8.72. The number of benzene rings is 1. The number of hydrogen-bond donors (Lipinski definition) is 0. The van der Waals surface area contributed by atoms with Gasteiger partial charge in [-0.3, -0.25) is 0 Å². The predicted octanol–water partition coefficient (Wildman–Crippen LogP) is 5.19. The average Bonchev–Trinajstić information content (AvgIpc) is 2.40. The maximum atomic E-state index is 10.6. The van der Waals surface area contributed by atoms with Crippen LogP contribution in [0.4, 0.5) is 0 Å². The average molecular weight is 309 g/mol. The minimum atomic E-state index is 0.319. The maximum Gasteiger partial charge on any atom is 0.120 e. The van der Waals surface area contributed by atoms with E-state index in [1.807, 2.05) is 0 Å². The topological polar surface area (TPSA) is 17.1 Å². The van der Waals surface area contributed by atoms with Gasteiger partial charge in [0, 0.05) is 10.9 Å². The van der Waals surface area contributed by atoms with E-state index in [1.54, 1.807) is 0 Å². The van der Waals surface area contributed by atoms with Gasteiger partial charge in [0.2, 0.25) is 0 Å². The number of aldehydes is 1. The van der Waals surface area contributed by atoms with Gasteiger partial charge in [-0.2, -0.15) is 0 Å². The van der Waals surface area contributed by atoms with Crippen LogP contribution in [-0.2, 0) is 4.79 Å². The molecule has 1 aromatic carbocycles. The molecule has 0 heterocycles. The second kappa shape index (κ2) is 6.51. The molecule has 0 spiro atoms. The highest BCUT2D eigenvalue weighted by Gasteiger charge is 2.18. The van der Waals surface area contributed by atoms with Crippen molar-refractivity contribution in [3.8, 4) is 0 Å². The van der Waals surface area contributed by atoms with Crippen LogP contribution in [0.1, 0.15) is 68.4 Å². The number of halogens is 1. The molecule has 1 aliphatic rings. The summed E-state index contributed by atoms with van der Waals surface area (Å²) in [6.07, 6.45) is 8.37. The number of carbonyl (C=O) groups excluding carboxylic acids is 1. The van der Waals surface area contributed by atoms with Crippen LogP contribution in [0.3, 0.4) is 0 Å². The summed E-state index contributed by atoms with van der Waals surface area (Å²) in [5, 5.41) is 0. The van der Waals surface area contributed by atoms with E-state index in [9.17, 15) is 4.79 Å². The van der Waals surface area contributed by atoms with Crippen molar-refractivity contribution in [2.75, 3.05) is 0 Å². The van der Waals surface area contributed by atoms with Crippen LogP contribution in [0.25, 0.3) is 0 Å². The predicted molar refractivity (Wildman–Crippen MR) is 79.1 cm³/mol. The lowest BCUT2D eigenvalue weighted by Gasteiger charge is -2.23. The first-order valence-electron chi connectivity index (χ1n) is 6.95. The van der Waals surface area contributed by atoms with Gasteiger partial charge in [0.1, 0.15) is 6.29 Å². The van der Waals surface area contributed by atoms with Crippen molar-refractivity contribution in [2.45, 2.75) is 57.3 Å². The summed E-state index contributed by atoms with van der Waals surface area (Å²) in [6.45, 7) is 2.11. The lowest BCUT2D eigenvalue weighted by molar-refractivity contribution is -0.108. The Morgan fingerprint density at radius 1 is 1.33 bits per heavy atom. The fourth-order valence-corrected chi connectivity index (χ4v) is 3.60. The summed E-state index contributed by atoms with van der Waals surface area (Å²) in [7, 11) is 0. The first kappa shape index (κ1) is 13.8. The zero-order valence-electron chi connectivity index (χ0n) is 11.0. The highest BCUT2D eigenvalue weighted by molar-refractivity contribution is 9.10. The molecule has 0 aliphatic heterocycles. The Labute approximate surface area is 118 Å². The van der Waals surface area contributed by atoms with Gasteiger partial charge in [-0.05, 0) is 41.9 Å². The molecule has 1 aliphatic carbocycles. The van der Waals surface area contributed by atoms with E-state index in [0.29, 0.717) is 12.3 Å². The summed E-state index contributed by atoms with van der Waals surface area (Å²) in [5.41, 5.74) is 2.71. The van der Waals surface area contributed by atoms with E-state index in [1.165, 1.54) is 47.7 Å². The van der Waals surface area contributed by atoms with E-state index in [-0.39, 0.29) is 0 Å². The quantitative estimate of drug-likeness (QED) is 0.700. The molecule has 1 unspecified atom stereocenters. The van der Waals surface area contributed by atoms with E-state index in [4.69, 9.17) is 0 Å². The van der Waals surface area contributed by atoms with Crippen molar-refractivity contribution in [2.24, 2.45) is 0 Å². The molecule has 2 heteroatoms. The molecule has 1 saturated carbocycles. The molecule has 0 aromatic heterocycles. The Bertz CT molecular complexity index is 408. The fourth-order valence-electron chi connectivity index (χ4n) is 2.88. The van der Waals surface area contributed by atoms with Crippen LogP contribution in [0, 0.1) is 0 Å². The third kappa shape index (κ3) is 3.23. The molecule has 1 atom stereocenters. The maximum absolute atomic E-state index is 10.6. The summed E-state index contributed by atoms with van der Waals surface area (Å²) in [5.74, 6) is 1.04. The highest BCUT2D eigenvalue weighted by Crippen LogP contribution is 2.37. The Hall–Kier alpha value is -0.630. The van der Waals surface area contributed by atoms with Gasteiger partial charge in [0.25, 0.3) is 0 Å². The van der Waals surface area contributed by atoms with Crippen LogP contribution in [0.15, 0.2) is 22.7 Å². The monoisotopic (exact) mass is 308 g/mol. The van der Waals surface area contributed by atoms with Crippen LogP contribution in [0.2, 0.25) is 0 Å². The summed E-state index contributed by atoms with van der Waals surface area (Å²) >= 11 is 3.71. The van der Waals surface area contributed by atoms with E-state index < -0.39 is 0 Å². The molecule has 2 rings (SSSR count). The highest BCUT2D eigenvalue weighted by atomic mass is 79.9. The normalized spacial score (nSPS) is 18.6. The summed E-state index contributed by atoms with van der Waals surface area (Å²) < 4.78 is 1.23. The number of hydrogen-bond acceptors (Lipinski definition) is 1. The van der Waals surface area contributed by atoms with Gasteiger partial charge in [-0.15, -0.1) is 0 Å². The van der Waals surface area contributed by atoms with Crippen molar-refractivity contribution >= 4 is 22.2 Å². The second-order valence-corrected chi connectivity index (χ2v) is 6.27. The SMILES string of the molecule is CC(CC=O)c1ccc(C2CCCCC2)c(Br)c1. The molecular weight excluding hydrogens is 288 g/mol. The van der Waals surface area contributed by atoms with Gasteiger partial charge in [-0.1, -0.05) is 54.2 Å². The lowest BCUT2D eigenvalue weighted by atomic mass is 9.83. The van der Waals surface area contributed by atoms with Crippen LogP contribution < -0.4 is 0 Å². The molecule has 1 fully saturated rings. The van der Waals surface area contributed by atoms with Crippen LogP contribution in [-0.4, -0.2) is 6.29 Å². The third-order valence-corrected chi connectivity index (χ3v) is 4.78. The Morgan fingerprint density at radius 3 is 2.67 bits per heavy atom. The van der Waals surface area contributed by atoms with E-state index >= 15 is 0 Å². The molecule has 0 radical (unpaired) electrons. The number of carbonyl (C=O) groups is 1. The Balaban J connectivity index is 2.16. The van der Waals surface area contributed by atoms with Crippen LogP contribution in [0.5, 0.6) is 0 Å². The third-order valence-electron chi connectivity index (χ3n) is 4.09. The number of rotatable bonds is 4. The van der Waals surface area contributed by atoms with Crippen molar-refractivity contribution < 1.29 is 4.79 Å². The molecule has 1 nitrogen and oxygen atoms in total. The van der Waals surface area contributed by atoms with Gasteiger partial charge in [0.15, 0.2) is 0 Å². The molecule has 18 heavy (non-hydrogen) atoms. The lowest BCUT2D eigenvalue weighted by Crippen LogP contribution is -2.06. The zero-order chi connectivity index (χ0) is 13.0. The zero-order valence-corrected chi connectivity index (χ0v) is 12.6. The molecule has 0 saturated heterocycles. The minimum absolute atomic E-state index is 0.319. The van der Waals surface area contributed by atoms with E-state index in [2.05, 4.69) is 41.1 Å². The van der Waals surface area contributed by atoms with Crippen LogP contribution >= 0.6 is 15.9 Å². The largest absolute Gasteiger partial charge is 0.303 e. The molecule has 0 amide bonds. The first-order valence-corrected chi connectivity index (χ1v) is 7.74. The molecule has 98 valence electrons.